The Morgan fingerprint density at radius 3 is 2.26 bits per heavy atom. The zero-order valence-electron chi connectivity index (χ0n) is 15.5. The van der Waals surface area contributed by atoms with Crippen molar-refractivity contribution < 1.29 is 22.3 Å². The first-order valence-electron chi connectivity index (χ1n) is 8.46. The Kier molecular flexibility index (Phi) is 6.79. The van der Waals surface area contributed by atoms with E-state index in [0.717, 1.165) is 34.0 Å². The second-order valence-electron chi connectivity index (χ2n) is 6.01. The van der Waals surface area contributed by atoms with E-state index < -0.39 is 27.8 Å². The Bertz CT molecular complexity index is 868. The maximum atomic E-state index is 13.1. The highest BCUT2D eigenvalue weighted by Gasteiger charge is 2.28. The Labute approximate surface area is 159 Å². The SMILES string of the molecule is CCOc1ccc(CNC(=O)[C@@H](C)N(c2ccc(F)cc2)S(C)(=O)=O)cc1. The van der Waals surface area contributed by atoms with Gasteiger partial charge in [-0.25, -0.2) is 12.8 Å². The van der Waals surface area contributed by atoms with Gasteiger partial charge in [0.1, 0.15) is 17.6 Å². The number of anilines is 1. The van der Waals surface area contributed by atoms with E-state index in [1.54, 1.807) is 12.1 Å². The molecule has 0 bridgehead atoms. The topological polar surface area (TPSA) is 75.7 Å². The van der Waals surface area contributed by atoms with E-state index >= 15 is 0 Å². The van der Waals surface area contributed by atoms with Crippen LogP contribution in [0.2, 0.25) is 0 Å². The first-order valence-corrected chi connectivity index (χ1v) is 10.3. The second kappa shape index (κ2) is 8.85. The molecular weight excluding hydrogens is 371 g/mol. The molecule has 0 aromatic heterocycles. The molecular formula is C19H23FN2O4S. The first kappa shape index (κ1) is 20.7. The van der Waals surface area contributed by atoms with Crippen LogP contribution in [0.1, 0.15) is 19.4 Å². The number of rotatable bonds is 8. The molecule has 146 valence electrons. The number of sulfonamides is 1. The van der Waals surface area contributed by atoms with Crippen LogP contribution >= 0.6 is 0 Å². The van der Waals surface area contributed by atoms with Gasteiger partial charge in [-0.3, -0.25) is 9.10 Å². The van der Waals surface area contributed by atoms with Crippen molar-refractivity contribution in [1.29, 1.82) is 0 Å². The van der Waals surface area contributed by atoms with Crippen molar-refractivity contribution in [3.8, 4) is 5.75 Å². The van der Waals surface area contributed by atoms with Gasteiger partial charge in [0.15, 0.2) is 0 Å². The third kappa shape index (κ3) is 5.68. The quantitative estimate of drug-likeness (QED) is 0.747. The first-order chi connectivity index (χ1) is 12.7. The maximum absolute atomic E-state index is 13.1. The molecule has 0 aliphatic rings. The van der Waals surface area contributed by atoms with Crippen molar-refractivity contribution in [3.63, 3.8) is 0 Å². The number of nitrogens with zero attached hydrogens (tertiary/aromatic N) is 1. The van der Waals surface area contributed by atoms with Crippen LogP contribution in [0.3, 0.4) is 0 Å². The summed E-state index contributed by atoms with van der Waals surface area (Å²) in [5.41, 5.74) is 1.08. The van der Waals surface area contributed by atoms with Gasteiger partial charge in [-0.05, 0) is 55.8 Å². The Morgan fingerprint density at radius 1 is 1.15 bits per heavy atom. The van der Waals surface area contributed by atoms with Gasteiger partial charge in [0.05, 0.1) is 18.6 Å². The van der Waals surface area contributed by atoms with Gasteiger partial charge in [-0.2, -0.15) is 0 Å². The smallest absolute Gasteiger partial charge is 0.243 e. The maximum Gasteiger partial charge on any atom is 0.243 e. The lowest BCUT2D eigenvalue weighted by molar-refractivity contribution is -0.122. The third-order valence-corrected chi connectivity index (χ3v) is 5.11. The molecule has 27 heavy (non-hydrogen) atoms. The lowest BCUT2D eigenvalue weighted by atomic mass is 10.2. The monoisotopic (exact) mass is 394 g/mol. The van der Waals surface area contributed by atoms with Crippen LogP contribution in [-0.2, 0) is 21.4 Å². The molecule has 0 heterocycles. The molecule has 2 rings (SSSR count). The van der Waals surface area contributed by atoms with Crippen LogP contribution < -0.4 is 14.4 Å². The molecule has 0 saturated heterocycles. The molecule has 1 N–H and O–H groups in total. The fourth-order valence-electron chi connectivity index (χ4n) is 2.60. The summed E-state index contributed by atoms with van der Waals surface area (Å²) in [7, 11) is -3.74. The number of carbonyl (C=O) groups is 1. The molecule has 0 aliphatic carbocycles. The molecule has 0 spiro atoms. The minimum Gasteiger partial charge on any atom is -0.494 e. The van der Waals surface area contributed by atoms with Crippen LogP contribution in [0.4, 0.5) is 10.1 Å². The van der Waals surface area contributed by atoms with Crippen molar-refractivity contribution in [2.75, 3.05) is 17.2 Å². The average molecular weight is 394 g/mol. The van der Waals surface area contributed by atoms with E-state index in [4.69, 9.17) is 4.74 Å². The van der Waals surface area contributed by atoms with Crippen LogP contribution in [0, 0.1) is 5.82 Å². The highest BCUT2D eigenvalue weighted by Crippen LogP contribution is 2.21. The van der Waals surface area contributed by atoms with Gasteiger partial charge >= 0.3 is 0 Å². The molecule has 2 aromatic rings. The minimum atomic E-state index is -3.74. The standard InChI is InChI=1S/C19H23FN2O4S/c1-4-26-18-11-5-15(6-12-18)13-21-19(23)14(2)22(27(3,24)25)17-9-7-16(20)8-10-17/h5-12,14H,4,13H2,1-3H3,(H,21,23)/t14-/m1/s1. The Hall–Kier alpha value is -2.61. The van der Waals surface area contributed by atoms with Crippen molar-refractivity contribution in [3.05, 3.63) is 59.9 Å². The largest absolute Gasteiger partial charge is 0.494 e. The predicted molar refractivity (Wildman–Crippen MR) is 103 cm³/mol. The number of carbonyl (C=O) groups excluding carboxylic acids is 1. The molecule has 2 aromatic carbocycles. The summed E-state index contributed by atoms with van der Waals surface area (Å²) in [6, 6.07) is 11.2. The Balaban J connectivity index is 2.09. The number of nitrogens with one attached hydrogen (secondary N) is 1. The highest BCUT2D eigenvalue weighted by atomic mass is 32.2. The fourth-order valence-corrected chi connectivity index (χ4v) is 3.78. The van der Waals surface area contributed by atoms with Crippen molar-refractivity contribution >= 4 is 21.6 Å². The van der Waals surface area contributed by atoms with Crippen LogP contribution in [0.5, 0.6) is 5.75 Å². The summed E-state index contributed by atoms with van der Waals surface area (Å²) in [6.07, 6.45) is 1.01. The van der Waals surface area contributed by atoms with E-state index in [1.165, 1.54) is 19.1 Å². The summed E-state index contributed by atoms with van der Waals surface area (Å²) < 4.78 is 43.8. The summed E-state index contributed by atoms with van der Waals surface area (Å²) >= 11 is 0. The lowest BCUT2D eigenvalue weighted by Crippen LogP contribution is -2.47. The third-order valence-electron chi connectivity index (χ3n) is 3.87. The molecule has 1 atom stereocenters. The molecule has 6 nitrogen and oxygen atoms in total. The van der Waals surface area contributed by atoms with Crippen molar-refractivity contribution in [1.82, 2.24) is 5.32 Å². The second-order valence-corrected chi connectivity index (χ2v) is 7.87. The van der Waals surface area contributed by atoms with E-state index in [-0.39, 0.29) is 12.2 Å². The Morgan fingerprint density at radius 2 is 1.74 bits per heavy atom. The molecule has 0 aliphatic heterocycles. The molecule has 8 heteroatoms. The highest BCUT2D eigenvalue weighted by molar-refractivity contribution is 7.92. The van der Waals surface area contributed by atoms with Crippen LogP contribution in [0.15, 0.2) is 48.5 Å². The number of hydrogen-bond acceptors (Lipinski definition) is 4. The van der Waals surface area contributed by atoms with E-state index in [0.29, 0.717) is 6.61 Å². The van der Waals surface area contributed by atoms with Gasteiger partial charge in [0, 0.05) is 6.54 Å². The summed E-state index contributed by atoms with van der Waals surface area (Å²) in [5.74, 6) is -0.209. The lowest BCUT2D eigenvalue weighted by Gasteiger charge is -2.28. The van der Waals surface area contributed by atoms with Crippen LogP contribution in [0.25, 0.3) is 0 Å². The van der Waals surface area contributed by atoms with E-state index in [1.807, 2.05) is 19.1 Å². The zero-order valence-corrected chi connectivity index (χ0v) is 16.3. The fraction of sp³-hybridized carbons (Fsp3) is 0.316. The van der Waals surface area contributed by atoms with Gasteiger partial charge in [0.2, 0.25) is 15.9 Å². The molecule has 0 fully saturated rings. The predicted octanol–water partition coefficient (Wildman–Crippen LogP) is 2.70. The minimum absolute atomic E-state index is 0.225. The molecule has 1 amide bonds. The van der Waals surface area contributed by atoms with E-state index in [9.17, 15) is 17.6 Å². The van der Waals surface area contributed by atoms with E-state index in [2.05, 4.69) is 5.32 Å². The zero-order chi connectivity index (χ0) is 20.0. The van der Waals surface area contributed by atoms with Crippen LogP contribution in [-0.4, -0.2) is 33.2 Å². The summed E-state index contributed by atoms with van der Waals surface area (Å²) in [5, 5.41) is 2.72. The molecule has 0 saturated carbocycles. The normalized spacial score (nSPS) is 12.3. The van der Waals surface area contributed by atoms with Crippen molar-refractivity contribution in [2.24, 2.45) is 0 Å². The van der Waals surface area contributed by atoms with Gasteiger partial charge in [-0.15, -0.1) is 0 Å². The van der Waals surface area contributed by atoms with Gasteiger partial charge in [-0.1, -0.05) is 12.1 Å². The number of ether oxygens (including phenoxy) is 1. The molecule has 0 unspecified atom stereocenters. The summed E-state index contributed by atoms with van der Waals surface area (Å²) in [6.45, 7) is 4.19. The number of amides is 1. The average Bonchev–Trinajstić information content (AvgIpc) is 2.61. The van der Waals surface area contributed by atoms with Gasteiger partial charge in [0.25, 0.3) is 0 Å². The van der Waals surface area contributed by atoms with Gasteiger partial charge < -0.3 is 10.1 Å². The molecule has 0 radical (unpaired) electrons. The summed E-state index contributed by atoms with van der Waals surface area (Å²) in [4.78, 5) is 12.5. The van der Waals surface area contributed by atoms with Crippen molar-refractivity contribution in [2.45, 2.75) is 26.4 Å². The number of benzene rings is 2. The number of hydrogen-bond donors (Lipinski definition) is 1. The number of halogens is 1.